The van der Waals surface area contributed by atoms with Crippen LogP contribution in [0.3, 0.4) is 0 Å². The average Bonchev–Trinajstić information content (AvgIpc) is 2.49. The van der Waals surface area contributed by atoms with E-state index < -0.39 is 15.9 Å². The Morgan fingerprint density at radius 2 is 1.79 bits per heavy atom. The molecule has 2 aromatic carbocycles. The Hall–Kier alpha value is -2.05. The molecule has 0 saturated carbocycles. The monoisotopic (exact) mass is 366 g/mol. The fourth-order valence-corrected chi connectivity index (χ4v) is 3.38. The highest BCUT2D eigenvalue weighted by Crippen LogP contribution is 2.24. The number of para-hydroxylation sites is 1. The number of nitrogens with zero attached hydrogens (tertiary/aromatic N) is 1. The molecule has 0 heterocycles. The number of carbonyl (C=O) groups is 1. The summed E-state index contributed by atoms with van der Waals surface area (Å²) in [6, 6.07) is 12.2. The van der Waals surface area contributed by atoms with E-state index in [9.17, 15) is 13.2 Å². The van der Waals surface area contributed by atoms with Crippen molar-refractivity contribution in [3.05, 3.63) is 58.6 Å². The zero-order chi connectivity index (χ0) is 17.9. The van der Waals surface area contributed by atoms with E-state index in [-0.39, 0.29) is 6.54 Å². The van der Waals surface area contributed by atoms with Gasteiger partial charge < -0.3 is 5.32 Å². The largest absolute Gasteiger partial charge is 0.324 e. The smallest absolute Gasteiger partial charge is 0.245 e. The van der Waals surface area contributed by atoms with Gasteiger partial charge in [-0.25, -0.2) is 8.42 Å². The number of aryl methyl sites for hydroxylation is 1. The maximum atomic E-state index is 12.4. The lowest BCUT2D eigenvalue weighted by atomic mass is 10.2. The molecule has 0 aliphatic heterocycles. The second kappa shape index (κ2) is 7.23. The lowest BCUT2D eigenvalue weighted by Crippen LogP contribution is -2.37. The number of nitrogens with one attached hydrogen (secondary N) is 1. The summed E-state index contributed by atoms with van der Waals surface area (Å²) in [5.74, 6) is -0.436. The fourth-order valence-electron chi connectivity index (χ4n) is 2.29. The van der Waals surface area contributed by atoms with Gasteiger partial charge in [-0.2, -0.15) is 0 Å². The van der Waals surface area contributed by atoms with Crippen LogP contribution in [0.2, 0.25) is 5.02 Å². The fraction of sp³-hybridized carbons (Fsp3) is 0.235. The molecule has 0 saturated heterocycles. The van der Waals surface area contributed by atoms with Gasteiger partial charge in [0.05, 0.1) is 11.9 Å². The quantitative estimate of drug-likeness (QED) is 0.882. The van der Waals surface area contributed by atoms with Crippen LogP contribution in [0.15, 0.2) is 42.5 Å². The van der Waals surface area contributed by atoms with Crippen molar-refractivity contribution in [1.29, 1.82) is 0 Å². The lowest BCUT2D eigenvalue weighted by molar-refractivity contribution is -0.114. The SMILES string of the molecule is Cc1ccccc1N(CC(=O)Nc1cccc(Cl)c1C)S(C)(=O)=O. The number of hydrogen-bond donors (Lipinski definition) is 1. The van der Waals surface area contributed by atoms with Crippen molar-refractivity contribution in [3.8, 4) is 0 Å². The lowest BCUT2D eigenvalue weighted by Gasteiger charge is -2.23. The molecule has 0 atom stereocenters. The third-order valence-corrected chi connectivity index (χ3v) is 5.15. The minimum Gasteiger partial charge on any atom is -0.324 e. The molecule has 128 valence electrons. The van der Waals surface area contributed by atoms with Crippen molar-refractivity contribution in [2.45, 2.75) is 13.8 Å². The Kier molecular flexibility index (Phi) is 5.51. The second-order valence-electron chi connectivity index (χ2n) is 5.52. The maximum Gasteiger partial charge on any atom is 0.245 e. The van der Waals surface area contributed by atoms with Gasteiger partial charge in [0.25, 0.3) is 0 Å². The first-order chi connectivity index (χ1) is 11.2. The third-order valence-electron chi connectivity index (χ3n) is 3.61. The minimum atomic E-state index is -3.60. The summed E-state index contributed by atoms with van der Waals surface area (Å²) in [5.41, 5.74) is 2.55. The topological polar surface area (TPSA) is 66.5 Å². The molecule has 2 aromatic rings. The predicted molar refractivity (Wildman–Crippen MR) is 98.2 cm³/mol. The minimum absolute atomic E-state index is 0.310. The molecule has 24 heavy (non-hydrogen) atoms. The van der Waals surface area contributed by atoms with E-state index in [2.05, 4.69) is 5.32 Å². The first-order valence-electron chi connectivity index (χ1n) is 7.28. The van der Waals surface area contributed by atoms with Gasteiger partial charge in [-0.1, -0.05) is 35.9 Å². The zero-order valence-electron chi connectivity index (χ0n) is 13.7. The van der Waals surface area contributed by atoms with E-state index in [0.29, 0.717) is 16.4 Å². The molecule has 2 rings (SSSR count). The predicted octanol–water partition coefficient (Wildman–Crippen LogP) is 3.36. The van der Waals surface area contributed by atoms with Crippen LogP contribution >= 0.6 is 11.6 Å². The van der Waals surface area contributed by atoms with Crippen molar-refractivity contribution in [2.75, 3.05) is 22.4 Å². The summed E-state index contributed by atoms with van der Waals surface area (Å²) in [6.07, 6.45) is 1.08. The molecular weight excluding hydrogens is 348 g/mol. The Labute approximate surface area is 147 Å². The molecular formula is C17H19ClN2O3S. The Morgan fingerprint density at radius 1 is 1.12 bits per heavy atom. The van der Waals surface area contributed by atoms with Crippen molar-refractivity contribution < 1.29 is 13.2 Å². The van der Waals surface area contributed by atoms with Gasteiger partial charge >= 0.3 is 0 Å². The van der Waals surface area contributed by atoms with Gasteiger partial charge in [0.1, 0.15) is 6.54 Å². The van der Waals surface area contributed by atoms with E-state index >= 15 is 0 Å². The summed E-state index contributed by atoms with van der Waals surface area (Å²) in [5, 5.41) is 3.25. The first-order valence-corrected chi connectivity index (χ1v) is 9.51. The number of carbonyl (C=O) groups excluding carboxylic acids is 1. The summed E-state index contributed by atoms with van der Waals surface area (Å²) in [4.78, 5) is 12.4. The molecule has 0 spiro atoms. The van der Waals surface area contributed by atoms with E-state index in [0.717, 1.165) is 21.7 Å². The molecule has 1 N–H and O–H groups in total. The van der Waals surface area contributed by atoms with Crippen LogP contribution in [0.4, 0.5) is 11.4 Å². The van der Waals surface area contributed by atoms with Crippen LogP contribution < -0.4 is 9.62 Å². The maximum absolute atomic E-state index is 12.4. The zero-order valence-corrected chi connectivity index (χ0v) is 15.3. The van der Waals surface area contributed by atoms with Gasteiger partial charge in [0, 0.05) is 10.7 Å². The van der Waals surface area contributed by atoms with Gasteiger partial charge in [0.15, 0.2) is 0 Å². The summed E-state index contributed by atoms with van der Waals surface area (Å²) >= 11 is 6.03. The van der Waals surface area contributed by atoms with Crippen molar-refractivity contribution in [1.82, 2.24) is 0 Å². The van der Waals surface area contributed by atoms with E-state index in [1.54, 1.807) is 50.2 Å². The molecule has 0 aliphatic rings. The molecule has 5 nitrogen and oxygen atoms in total. The number of anilines is 2. The Morgan fingerprint density at radius 3 is 2.42 bits per heavy atom. The molecule has 0 unspecified atom stereocenters. The standard InChI is InChI=1S/C17H19ClN2O3S/c1-12-7-4-5-10-16(12)20(24(3,22)23)11-17(21)19-15-9-6-8-14(18)13(15)2/h4-10H,11H2,1-3H3,(H,19,21). The Bertz CT molecular complexity index is 866. The van der Waals surface area contributed by atoms with Gasteiger partial charge in [-0.3, -0.25) is 9.10 Å². The van der Waals surface area contributed by atoms with Crippen molar-refractivity contribution in [3.63, 3.8) is 0 Å². The first kappa shape index (κ1) is 18.3. The second-order valence-corrected chi connectivity index (χ2v) is 7.83. The van der Waals surface area contributed by atoms with Gasteiger partial charge in [0.2, 0.25) is 15.9 Å². The van der Waals surface area contributed by atoms with Crippen LogP contribution in [0.5, 0.6) is 0 Å². The van der Waals surface area contributed by atoms with Crippen LogP contribution in [0, 0.1) is 13.8 Å². The van der Waals surface area contributed by atoms with Gasteiger partial charge in [-0.15, -0.1) is 0 Å². The van der Waals surface area contributed by atoms with E-state index in [1.807, 2.05) is 6.07 Å². The molecule has 0 fully saturated rings. The molecule has 7 heteroatoms. The number of rotatable bonds is 5. The van der Waals surface area contributed by atoms with E-state index in [1.165, 1.54) is 0 Å². The van der Waals surface area contributed by atoms with Gasteiger partial charge in [-0.05, 0) is 43.2 Å². The Balaban J connectivity index is 2.26. The van der Waals surface area contributed by atoms with Crippen LogP contribution in [0.1, 0.15) is 11.1 Å². The highest BCUT2D eigenvalue weighted by molar-refractivity contribution is 7.92. The van der Waals surface area contributed by atoms with Crippen LogP contribution in [-0.2, 0) is 14.8 Å². The van der Waals surface area contributed by atoms with Crippen molar-refractivity contribution >= 4 is 38.9 Å². The third kappa shape index (κ3) is 4.27. The average molecular weight is 367 g/mol. The van der Waals surface area contributed by atoms with Crippen molar-refractivity contribution in [2.24, 2.45) is 0 Å². The molecule has 0 bridgehead atoms. The number of hydrogen-bond acceptors (Lipinski definition) is 3. The molecule has 1 amide bonds. The number of benzene rings is 2. The summed E-state index contributed by atoms with van der Waals surface area (Å²) < 4.78 is 25.3. The molecule has 0 aliphatic carbocycles. The normalized spacial score (nSPS) is 11.2. The highest BCUT2D eigenvalue weighted by Gasteiger charge is 2.22. The number of amides is 1. The van der Waals surface area contributed by atoms with E-state index in [4.69, 9.17) is 11.6 Å². The summed E-state index contributed by atoms with van der Waals surface area (Å²) in [6.45, 7) is 3.27. The molecule has 0 aromatic heterocycles. The summed E-state index contributed by atoms with van der Waals surface area (Å²) in [7, 11) is -3.60. The molecule has 0 radical (unpaired) electrons. The van der Waals surface area contributed by atoms with Crippen LogP contribution in [-0.4, -0.2) is 27.1 Å². The van der Waals surface area contributed by atoms with Crippen LogP contribution in [0.25, 0.3) is 0 Å². The number of sulfonamides is 1. The highest BCUT2D eigenvalue weighted by atomic mass is 35.5. The number of halogens is 1.